The van der Waals surface area contributed by atoms with Crippen molar-refractivity contribution >= 4 is 5.97 Å². The van der Waals surface area contributed by atoms with E-state index in [0.717, 1.165) is 50.4 Å². The molecular weight excluding hydrogens is 294 g/mol. The molecule has 1 saturated heterocycles. The second-order valence-electron chi connectivity index (χ2n) is 5.72. The van der Waals surface area contributed by atoms with E-state index in [9.17, 15) is 4.79 Å². The van der Waals surface area contributed by atoms with E-state index in [0.29, 0.717) is 13.2 Å². The maximum Gasteiger partial charge on any atom is 0.309 e. The molecule has 23 heavy (non-hydrogen) atoms. The number of esters is 1. The Morgan fingerprint density at radius 2 is 1.91 bits per heavy atom. The molecule has 0 aromatic heterocycles. The second kappa shape index (κ2) is 9.40. The number of nitrogens with zero attached hydrogens (tertiary/aromatic N) is 1. The second-order valence-corrected chi connectivity index (χ2v) is 5.72. The van der Waals surface area contributed by atoms with Gasteiger partial charge in [0.05, 0.1) is 26.2 Å². The molecule has 0 spiro atoms. The van der Waals surface area contributed by atoms with Gasteiger partial charge in [0.15, 0.2) is 11.5 Å². The van der Waals surface area contributed by atoms with Crippen LogP contribution in [0.3, 0.4) is 0 Å². The van der Waals surface area contributed by atoms with Crippen LogP contribution in [0.4, 0.5) is 0 Å². The van der Waals surface area contributed by atoms with Crippen molar-refractivity contribution in [1.29, 1.82) is 0 Å². The lowest BCUT2D eigenvalue weighted by Gasteiger charge is -2.30. The first-order chi connectivity index (χ1) is 11.2. The van der Waals surface area contributed by atoms with Crippen LogP contribution in [-0.4, -0.2) is 50.8 Å². The quantitative estimate of drug-likeness (QED) is 0.544. The van der Waals surface area contributed by atoms with E-state index in [-0.39, 0.29) is 11.9 Å². The summed E-state index contributed by atoms with van der Waals surface area (Å²) in [4.78, 5) is 14.1. The molecule has 5 heteroatoms. The molecule has 0 bridgehead atoms. The lowest BCUT2D eigenvalue weighted by atomic mass is 9.97. The Hall–Kier alpha value is -1.75. The van der Waals surface area contributed by atoms with E-state index < -0.39 is 0 Å². The van der Waals surface area contributed by atoms with Crippen LogP contribution in [0.15, 0.2) is 24.3 Å². The number of ether oxygens (including phenoxy) is 3. The van der Waals surface area contributed by atoms with Crippen molar-refractivity contribution in [2.45, 2.75) is 26.2 Å². The Morgan fingerprint density at radius 1 is 1.22 bits per heavy atom. The number of piperidine rings is 1. The summed E-state index contributed by atoms with van der Waals surface area (Å²) in [6.45, 7) is 5.90. The lowest BCUT2D eigenvalue weighted by molar-refractivity contribution is -0.149. The zero-order chi connectivity index (χ0) is 16.5. The molecule has 128 valence electrons. The Kier molecular flexibility index (Phi) is 7.20. The Morgan fingerprint density at radius 3 is 2.57 bits per heavy atom. The molecule has 0 amide bonds. The van der Waals surface area contributed by atoms with Crippen molar-refractivity contribution in [2.75, 3.05) is 40.0 Å². The minimum atomic E-state index is -0.0355. The molecule has 0 unspecified atom stereocenters. The molecule has 0 N–H and O–H groups in total. The summed E-state index contributed by atoms with van der Waals surface area (Å²) in [6.07, 6.45) is 2.75. The number of hydrogen-bond donors (Lipinski definition) is 0. The van der Waals surface area contributed by atoms with Crippen molar-refractivity contribution in [3.63, 3.8) is 0 Å². The highest BCUT2D eigenvalue weighted by Gasteiger charge is 2.25. The minimum Gasteiger partial charge on any atom is -0.493 e. The summed E-state index contributed by atoms with van der Waals surface area (Å²) in [5, 5.41) is 0. The monoisotopic (exact) mass is 321 g/mol. The maximum atomic E-state index is 11.7. The van der Waals surface area contributed by atoms with Gasteiger partial charge < -0.3 is 19.1 Å². The van der Waals surface area contributed by atoms with E-state index in [1.54, 1.807) is 7.11 Å². The van der Waals surface area contributed by atoms with Gasteiger partial charge in [0.25, 0.3) is 0 Å². The van der Waals surface area contributed by atoms with E-state index in [1.165, 1.54) is 0 Å². The van der Waals surface area contributed by atoms with Crippen LogP contribution < -0.4 is 9.47 Å². The molecule has 0 radical (unpaired) electrons. The van der Waals surface area contributed by atoms with Crippen LogP contribution in [0.1, 0.15) is 26.2 Å². The third-order valence-electron chi connectivity index (χ3n) is 4.15. The van der Waals surface area contributed by atoms with Gasteiger partial charge in [-0.2, -0.15) is 0 Å². The van der Waals surface area contributed by atoms with E-state index in [1.807, 2.05) is 31.2 Å². The zero-order valence-corrected chi connectivity index (χ0v) is 14.1. The van der Waals surface area contributed by atoms with Crippen LogP contribution in [0.2, 0.25) is 0 Å². The number of likely N-dealkylation sites (tertiary alicyclic amines) is 1. The van der Waals surface area contributed by atoms with Crippen molar-refractivity contribution in [3.8, 4) is 11.5 Å². The molecule has 1 aliphatic heterocycles. The molecule has 0 saturated carbocycles. The normalized spacial score (nSPS) is 16.1. The first-order valence-electron chi connectivity index (χ1n) is 8.39. The Labute approximate surface area is 138 Å². The van der Waals surface area contributed by atoms with Gasteiger partial charge >= 0.3 is 5.97 Å². The Balaban J connectivity index is 1.63. The topological polar surface area (TPSA) is 48.0 Å². The number of methoxy groups -OCH3 is 1. The van der Waals surface area contributed by atoms with Gasteiger partial charge in [0.1, 0.15) is 0 Å². The minimum absolute atomic E-state index is 0.0355. The van der Waals surface area contributed by atoms with Gasteiger partial charge in [-0.25, -0.2) is 0 Å². The van der Waals surface area contributed by atoms with Crippen molar-refractivity contribution in [1.82, 2.24) is 4.90 Å². The van der Waals surface area contributed by atoms with Gasteiger partial charge in [-0.15, -0.1) is 0 Å². The third-order valence-corrected chi connectivity index (χ3v) is 4.15. The molecule has 1 aromatic rings. The largest absolute Gasteiger partial charge is 0.493 e. The first kappa shape index (κ1) is 17.6. The number of rotatable bonds is 8. The standard InChI is InChI=1S/C18H27NO4/c1-3-22-18(20)15-9-12-19(13-10-15)11-6-14-23-17-8-5-4-7-16(17)21-2/h4-5,7-8,15H,3,6,9-14H2,1-2H3. The molecule has 1 heterocycles. The highest BCUT2D eigenvalue weighted by atomic mass is 16.5. The van der Waals surface area contributed by atoms with E-state index in [4.69, 9.17) is 14.2 Å². The number of carbonyl (C=O) groups is 1. The summed E-state index contributed by atoms with van der Waals surface area (Å²) >= 11 is 0. The number of hydrogen-bond acceptors (Lipinski definition) is 5. The molecule has 0 atom stereocenters. The molecule has 1 aliphatic rings. The Bertz CT molecular complexity index is 484. The summed E-state index contributed by atoms with van der Waals surface area (Å²) in [6, 6.07) is 7.69. The molecule has 5 nitrogen and oxygen atoms in total. The molecule has 2 rings (SSSR count). The van der Waals surface area contributed by atoms with Gasteiger partial charge in [0.2, 0.25) is 0 Å². The SMILES string of the molecule is CCOC(=O)C1CCN(CCCOc2ccccc2OC)CC1. The fraction of sp³-hybridized carbons (Fsp3) is 0.611. The summed E-state index contributed by atoms with van der Waals surface area (Å²) in [5.41, 5.74) is 0. The van der Waals surface area contributed by atoms with Crippen LogP contribution in [0, 0.1) is 5.92 Å². The van der Waals surface area contributed by atoms with E-state index >= 15 is 0 Å². The lowest BCUT2D eigenvalue weighted by Crippen LogP contribution is -2.37. The predicted molar refractivity (Wildman–Crippen MR) is 88.9 cm³/mol. The first-order valence-corrected chi connectivity index (χ1v) is 8.39. The number of benzene rings is 1. The van der Waals surface area contributed by atoms with Gasteiger partial charge in [0, 0.05) is 6.54 Å². The van der Waals surface area contributed by atoms with E-state index in [2.05, 4.69) is 4.90 Å². The van der Waals surface area contributed by atoms with Gasteiger partial charge in [-0.1, -0.05) is 12.1 Å². The van der Waals surface area contributed by atoms with Crippen LogP contribution in [-0.2, 0) is 9.53 Å². The zero-order valence-electron chi connectivity index (χ0n) is 14.1. The average molecular weight is 321 g/mol. The van der Waals surface area contributed by atoms with Crippen LogP contribution in [0.25, 0.3) is 0 Å². The third kappa shape index (κ3) is 5.43. The van der Waals surface area contributed by atoms with Gasteiger partial charge in [-0.3, -0.25) is 4.79 Å². The predicted octanol–water partition coefficient (Wildman–Crippen LogP) is 2.74. The molecule has 1 fully saturated rings. The molecule has 0 aliphatic carbocycles. The average Bonchev–Trinajstić information content (AvgIpc) is 2.60. The number of carbonyl (C=O) groups excluding carboxylic acids is 1. The van der Waals surface area contributed by atoms with Crippen LogP contribution >= 0.6 is 0 Å². The summed E-state index contributed by atoms with van der Waals surface area (Å²) in [7, 11) is 1.65. The van der Waals surface area contributed by atoms with Crippen LogP contribution in [0.5, 0.6) is 11.5 Å². The van der Waals surface area contributed by atoms with Crippen molar-refractivity contribution in [3.05, 3.63) is 24.3 Å². The fourth-order valence-corrected chi connectivity index (χ4v) is 2.86. The smallest absolute Gasteiger partial charge is 0.309 e. The highest BCUT2D eigenvalue weighted by Crippen LogP contribution is 2.26. The molecular formula is C18H27NO4. The molecule has 1 aromatic carbocycles. The van der Waals surface area contributed by atoms with Gasteiger partial charge in [-0.05, 0) is 51.4 Å². The fourth-order valence-electron chi connectivity index (χ4n) is 2.86. The highest BCUT2D eigenvalue weighted by molar-refractivity contribution is 5.72. The maximum absolute atomic E-state index is 11.7. The van der Waals surface area contributed by atoms with Crippen molar-refractivity contribution in [2.24, 2.45) is 5.92 Å². The summed E-state index contributed by atoms with van der Waals surface area (Å²) in [5.74, 6) is 1.60. The van der Waals surface area contributed by atoms with Crippen molar-refractivity contribution < 1.29 is 19.0 Å². The number of para-hydroxylation sites is 2. The summed E-state index contributed by atoms with van der Waals surface area (Å²) < 4.78 is 16.1.